The van der Waals surface area contributed by atoms with Crippen LogP contribution in [0.1, 0.15) is 99.0 Å². The number of ether oxygens (including phenoxy) is 4. The first-order valence-electron chi connectivity index (χ1n) is 45.9. The molecular weight excluding hydrogens is 1800 g/mol. The first-order valence-corrected chi connectivity index (χ1v) is 47.1. The minimum Gasteiger partial charge on any atom is -0.462 e. The van der Waals surface area contributed by atoms with E-state index in [1.807, 2.05) is 59.5 Å². The SMILES string of the molecule is [C-]#[N+]C[C@H]1CN(c2nc(OCC(C)N3CCCCC3)nc3c2CCN(c2cccc4ccc(F)c(Cl)c24)C3)CCN1C(=O)C(=C)F.[C-]#[N+]C[C@H]1CN(c2nc(OCC3(CC)CCCN3C)nc3c2CCN(c2cccc4ccc(F)c(Cl)c24)C3)CCN1C(=O)C(=C)F.[C-]#[N+]C[C@H]1CN(c2nc(OCC3CCCO3)nc3c2CCN(c2cccc4ccc(F)c(Cl)c24)C3)CCN1C(=O)C(=C)F. The summed E-state index contributed by atoms with van der Waals surface area (Å²) in [7, 11) is 2.12. The van der Waals surface area contributed by atoms with Crippen LogP contribution in [0.15, 0.2) is 128 Å². The van der Waals surface area contributed by atoms with Gasteiger partial charge in [0.25, 0.3) is 17.7 Å². The lowest BCUT2D eigenvalue weighted by Crippen LogP contribution is -2.57. The average Bonchev–Trinajstić information content (AvgIpc) is 1.58. The van der Waals surface area contributed by atoms with Crippen LogP contribution >= 0.6 is 34.8 Å². The fourth-order valence-electron chi connectivity index (χ4n) is 20.2. The Bertz CT molecular complexity index is 6160. The number of hydrogen-bond donors (Lipinski definition) is 0. The molecule has 135 heavy (non-hydrogen) atoms. The van der Waals surface area contributed by atoms with E-state index in [0.29, 0.717) is 158 Å². The molecule has 0 aliphatic carbocycles. The van der Waals surface area contributed by atoms with Crippen molar-refractivity contribution in [3.8, 4) is 18.0 Å². The van der Waals surface area contributed by atoms with Gasteiger partial charge in [-0.15, -0.1) is 0 Å². The minimum atomic E-state index is -1.04. The monoisotopic (exact) mass is 1910 g/mol. The Labute approximate surface area is 796 Å². The number of nitrogens with zero attached hydrogens (tertiary/aromatic N) is 20. The summed E-state index contributed by atoms with van der Waals surface area (Å²) in [5.74, 6) is -4.80. The second-order valence-corrected chi connectivity index (χ2v) is 36.7. The quantitative estimate of drug-likeness (QED) is 0.0331. The van der Waals surface area contributed by atoms with Gasteiger partial charge in [-0.25, -0.2) is 46.1 Å². The Morgan fingerprint density at radius 1 is 0.489 bits per heavy atom. The zero-order valence-corrected chi connectivity index (χ0v) is 78.1. The minimum absolute atomic E-state index is 0.0251. The van der Waals surface area contributed by atoms with Gasteiger partial charge in [0.15, 0.2) is 17.5 Å². The number of likely N-dealkylation sites (N-methyl/N-ethyl adjacent to an activating group) is 1. The Kier molecular flexibility index (Phi) is 30.2. The number of benzene rings is 6. The van der Waals surface area contributed by atoms with E-state index in [1.165, 1.54) is 52.2 Å². The molecule has 6 saturated heterocycles. The van der Waals surface area contributed by atoms with Crippen molar-refractivity contribution < 1.29 is 59.7 Å². The Morgan fingerprint density at radius 2 is 0.874 bits per heavy atom. The van der Waals surface area contributed by atoms with Crippen LogP contribution in [0.5, 0.6) is 18.0 Å². The van der Waals surface area contributed by atoms with Gasteiger partial charge in [-0.1, -0.05) is 122 Å². The Morgan fingerprint density at radius 3 is 1.22 bits per heavy atom. The lowest BCUT2D eigenvalue weighted by Gasteiger charge is -2.41. The van der Waals surface area contributed by atoms with Gasteiger partial charge in [0.2, 0.25) is 19.6 Å². The van der Waals surface area contributed by atoms with Crippen molar-refractivity contribution in [3.05, 3.63) is 229 Å². The number of anilines is 6. The first kappa shape index (κ1) is 96.1. The van der Waals surface area contributed by atoms with Crippen LogP contribution in [0, 0.1) is 37.2 Å². The summed E-state index contributed by atoms with van der Waals surface area (Å²) in [4.78, 5) is 99.0. The highest BCUT2D eigenvalue weighted by Crippen LogP contribution is 2.45. The maximum atomic E-state index is 14.6. The molecule has 708 valence electrons. The van der Waals surface area contributed by atoms with Crippen LogP contribution in [0.4, 0.5) is 60.9 Å². The molecule has 6 aromatic carbocycles. The summed E-state index contributed by atoms with van der Waals surface area (Å²) < 4.78 is 110. The smallest absolute Gasteiger partial charge is 0.318 e. The number of rotatable bonds is 23. The molecule has 0 bridgehead atoms. The molecule has 3 aromatic heterocycles. The molecule has 9 aliphatic heterocycles. The molecule has 9 aliphatic rings. The van der Waals surface area contributed by atoms with Gasteiger partial charge in [-0.3, -0.25) is 24.2 Å². The highest BCUT2D eigenvalue weighted by molar-refractivity contribution is 6.38. The van der Waals surface area contributed by atoms with Crippen molar-refractivity contribution >= 4 is 119 Å². The molecule has 9 aromatic rings. The molecule has 12 heterocycles. The molecule has 0 spiro atoms. The summed E-state index contributed by atoms with van der Waals surface area (Å²) in [6.45, 7) is 47.2. The summed E-state index contributed by atoms with van der Waals surface area (Å²) in [5, 5.41) is 4.76. The number of amides is 3. The number of hydrogen-bond acceptors (Lipinski definition) is 21. The Hall–Kier alpha value is -12.0. The van der Waals surface area contributed by atoms with Gasteiger partial charge >= 0.3 is 18.0 Å². The number of halogens is 9. The first-order chi connectivity index (χ1) is 65.2. The van der Waals surface area contributed by atoms with Crippen molar-refractivity contribution in [2.75, 3.05) is 181 Å². The average molecular weight is 1910 g/mol. The number of carbonyl (C=O) groups excluding carboxylic acids is 3. The lowest BCUT2D eigenvalue weighted by atomic mass is 9.94. The van der Waals surface area contributed by atoms with E-state index in [9.17, 15) is 40.7 Å². The van der Waals surface area contributed by atoms with Crippen molar-refractivity contribution in [3.63, 3.8) is 0 Å². The van der Waals surface area contributed by atoms with E-state index in [0.717, 1.165) is 119 Å². The molecule has 6 fully saturated rings. The largest absolute Gasteiger partial charge is 0.462 e. The molecule has 3 unspecified atom stereocenters. The second kappa shape index (κ2) is 42.5. The van der Waals surface area contributed by atoms with Crippen LogP contribution < -0.4 is 43.6 Å². The van der Waals surface area contributed by atoms with E-state index in [1.54, 1.807) is 18.2 Å². The van der Waals surface area contributed by atoms with Gasteiger partial charge in [-0.05, 0) is 150 Å². The predicted octanol–water partition coefficient (Wildman–Crippen LogP) is 16.3. The number of piperidine rings is 1. The van der Waals surface area contributed by atoms with Gasteiger partial charge in [-0.2, -0.15) is 29.9 Å². The third-order valence-corrected chi connectivity index (χ3v) is 28.6. The summed E-state index contributed by atoms with van der Waals surface area (Å²) in [5.41, 5.74) is 7.56. The van der Waals surface area contributed by atoms with E-state index in [2.05, 4.69) is 89.5 Å². The molecule has 0 saturated carbocycles. The second-order valence-electron chi connectivity index (χ2n) is 35.6. The van der Waals surface area contributed by atoms with Crippen LogP contribution in [0.25, 0.3) is 46.9 Å². The fraction of sp³-hybridized carbons (Fsp3) is 0.455. The number of carbonyl (C=O) groups is 3. The number of piperazine rings is 3. The standard InChI is InChI=1S/2C34H38ClF2N7O2.C31H31ClF2N6O3/c1-22(41-13-5-4-6-14-41)21-46-34-39-28-20-42(29-9-7-8-24-10-11-27(37)31(35)30(24)29)15-12-26(28)32(40-34)43-16-17-44(33(45)23(2)36)25(19-43)18-38-3;1-5-34(13-7-14-41(34)4)21-46-33-39-27-20-42(28-9-6-8-23-10-11-26(37)30(35)29(23)28)15-12-25(27)31(40-33)43-16-17-44(32(45)22(2)36)24(19-43)18-38-3;1-19(33)30(41)40-13-12-39(16-21(40)15-35-2)29-23-10-11-38(26-7-3-5-20-8-9-24(34)28(32)27(20)26)17-25(23)36-31(37-29)43-18-22-6-4-14-42-22/h7-11,22,25H,2,4-6,12-21H2,1H3;6,8-11,24H,2,5,7,12-21H2,1,4H3;3,5,7-9,21-22H,1,4,6,10-18H2/t22?,25-;24-,34?;21-,22?/m000/s1. The van der Waals surface area contributed by atoms with E-state index in [4.69, 9.17) is 103 Å². The molecule has 27 nitrogen and oxygen atoms in total. The van der Waals surface area contributed by atoms with Crippen LogP contribution in [0.2, 0.25) is 15.1 Å². The maximum Gasteiger partial charge on any atom is 0.318 e. The Balaban J connectivity index is 0.000000147. The number of aromatic nitrogens is 6. The normalized spacial score (nSPS) is 20.5. The van der Waals surface area contributed by atoms with Gasteiger partial charge in [0, 0.05) is 141 Å². The zero-order chi connectivity index (χ0) is 95.0. The summed E-state index contributed by atoms with van der Waals surface area (Å²) in [6, 6.07) is 26.0. The van der Waals surface area contributed by atoms with E-state index < -0.39 is 70.8 Å². The summed E-state index contributed by atoms with van der Waals surface area (Å²) >= 11 is 19.5. The van der Waals surface area contributed by atoms with Gasteiger partial charge in [0.1, 0.15) is 72.9 Å². The highest BCUT2D eigenvalue weighted by Gasteiger charge is 2.43. The predicted molar refractivity (Wildman–Crippen MR) is 511 cm³/mol. The third-order valence-electron chi connectivity index (χ3n) is 27.5. The van der Waals surface area contributed by atoms with Crippen molar-refractivity contribution in [2.45, 2.75) is 140 Å². The topological polar surface area (TPSA) is 214 Å². The van der Waals surface area contributed by atoms with E-state index in [-0.39, 0.29) is 90.1 Å². The number of fused-ring (bicyclic) bond motifs is 6. The van der Waals surface area contributed by atoms with E-state index >= 15 is 0 Å². The maximum absolute atomic E-state index is 14.6. The summed E-state index contributed by atoms with van der Waals surface area (Å²) in [6.07, 6.45) is 10.3. The van der Waals surface area contributed by atoms with Crippen LogP contribution in [-0.2, 0) is 58.0 Å². The van der Waals surface area contributed by atoms with Gasteiger partial charge in [0.05, 0.1) is 63.4 Å². The lowest BCUT2D eigenvalue weighted by molar-refractivity contribution is -0.131. The highest BCUT2D eigenvalue weighted by atomic mass is 35.5. The molecule has 18 rings (SSSR count). The van der Waals surface area contributed by atoms with Crippen molar-refractivity contribution in [1.29, 1.82) is 0 Å². The molecule has 36 heteroatoms. The molecule has 6 atom stereocenters. The van der Waals surface area contributed by atoms with Gasteiger partial charge < -0.3 is 77.6 Å². The number of likely N-dealkylation sites (tertiary alicyclic amines) is 2. The zero-order valence-electron chi connectivity index (χ0n) is 75.8. The third kappa shape index (κ3) is 20.7. The van der Waals surface area contributed by atoms with Crippen LogP contribution in [-0.4, -0.2) is 259 Å². The van der Waals surface area contributed by atoms with Crippen molar-refractivity contribution in [1.82, 2.24) is 54.4 Å². The molecule has 0 radical (unpaired) electrons. The van der Waals surface area contributed by atoms with Crippen LogP contribution in [0.3, 0.4) is 0 Å². The molecular formula is C99H107Cl3F6N20O7. The molecule has 0 N–H and O–H groups in total. The molecule has 3 amide bonds. The van der Waals surface area contributed by atoms with Crippen molar-refractivity contribution in [2.24, 2.45) is 0 Å². The fourth-order valence-corrected chi connectivity index (χ4v) is 21.0.